The SMILES string of the molecule is CCN(C)CCNC(=O)N1CCCC(C)(C(=O)O)C1. The van der Waals surface area contributed by atoms with Crippen molar-refractivity contribution in [3.63, 3.8) is 0 Å². The van der Waals surface area contributed by atoms with E-state index in [1.165, 1.54) is 0 Å². The summed E-state index contributed by atoms with van der Waals surface area (Å²) in [5.41, 5.74) is -0.810. The first-order valence-electron chi connectivity index (χ1n) is 6.84. The van der Waals surface area contributed by atoms with Gasteiger partial charge in [0.2, 0.25) is 0 Å². The third-order valence-corrected chi connectivity index (χ3v) is 3.81. The zero-order valence-corrected chi connectivity index (χ0v) is 12.1. The predicted octanol–water partition coefficient (Wildman–Crippen LogP) is 0.834. The van der Waals surface area contributed by atoms with E-state index < -0.39 is 11.4 Å². The molecule has 1 heterocycles. The first kappa shape index (κ1) is 15.8. The van der Waals surface area contributed by atoms with Crippen molar-refractivity contribution in [3.8, 4) is 0 Å². The van der Waals surface area contributed by atoms with E-state index in [0.717, 1.165) is 19.5 Å². The maximum absolute atomic E-state index is 12.0. The highest BCUT2D eigenvalue weighted by molar-refractivity contribution is 5.78. The number of hydrogen-bond donors (Lipinski definition) is 2. The minimum atomic E-state index is -0.823. The van der Waals surface area contributed by atoms with E-state index in [1.807, 2.05) is 7.05 Å². The van der Waals surface area contributed by atoms with Crippen LogP contribution in [0.5, 0.6) is 0 Å². The molecule has 0 radical (unpaired) electrons. The van der Waals surface area contributed by atoms with Gasteiger partial charge in [0.15, 0.2) is 0 Å². The third kappa shape index (κ3) is 4.38. The summed E-state index contributed by atoms with van der Waals surface area (Å²) in [5.74, 6) is -0.823. The number of amides is 2. The molecule has 1 aliphatic rings. The lowest BCUT2D eigenvalue weighted by Crippen LogP contribution is -2.52. The molecule has 0 aliphatic carbocycles. The van der Waals surface area contributed by atoms with Crippen LogP contribution in [-0.2, 0) is 4.79 Å². The van der Waals surface area contributed by atoms with E-state index in [-0.39, 0.29) is 12.6 Å². The minimum absolute atomic E-state index is 0.156. The van der Waals surface area contributed by atoms with Crippen molar-refractivity contribution >= 4 is 12.0 Å². The minimum Gasteiger partial charge on any atom is -0.481 e. The van der Waals surface area contributed by atoms with Crippen LogP contribution >= 0.6 is 0 Å². The summed E-state index contributed by atoms with van der Waals surface area (Å²) < 4.78 is 0. The summed E-state index contributed by atoms with van der Waals surface area (Å²) in [5, 5.41) is 12.1. The fraction of sp³-hybridized carbons (Fsp3) is 0.846. The van der Waals surface area contributed by atoms with Crippen LogP contribution in [0.4, 0.5) is 4.79 Å². The van der Waals surface area contributed by atoms with Gasteiger partial charge in [-0.25, -0.2) is 4.79 Å². The van der Waals surface area contributed by atoms with Crippen molar-refractivity contribution in [3.05, 3.63) is 0 Å². The van der Waals surface area contributed by atoms with Crippen LogP contribution in [0, 0.1) is 5.41 Å². The first-order valence-corrected chi connectivity index (χ1v) is 6.84. The van der Waals surface area contributed by atoms with Gasteiger partial charge >= 0.3 is 12.0 Å². The van der Waals surface area contributed by atoms with Gasteiger partial charge in [-0.15, -0.1) is 0 Å². The second-order valence-corrected chi connectivity index (χ2v) is 5.52. The number of likely N-dealkylation sites (N-methyl/N-ethyl adjacent to an activating group) is 1. The number of piperidine rings is 1. The van der Waals surface area contributed by atoms with E-state index >= 15 is 0 Å². The molecular formula is C13H25N3O3. The summed E-state index contributed by atoms with van der Waals surface area (Å²) in [4.78, 5) is 26.9. The Morgan fingerprint density at radius 2 is 2.16 bits per heavy atom. The monoisotopic (exact) mass is 271 g/mol. The predicted molar refractivity (Wildman–Crippen MR) is 73.1 cm³/mol. The molecule has 2 amide bonds. The average Bonchev–Trinajstić information content (AvgIpc) is 2.38. The van der Waals surface area contributed by atoms with Gasteiger partial charge in [0.1, 0.15) is 0 Å². The Morgan fingerprint density at radius 1 is 1.47 bits per heavy atom. The molecule has 0 aromatic carbocycles. The number of carbonyl (C=O) groups excluding carboxylic acids is 1. The standard InChI is InChI=1S/C13H25N3O3/c1-4-15(3)9-7-14-12(19)16-8-5-6-13(2,10-16)11(17)18/h4-10H2,1-3H3,(H,14,19)(H,17,18). The molecule has 1 aliphatic heterocycles. The maximum Gasteiger partial charge on any atom is 0.317 e. The van der Waals surface area contributed by atoms with Gasteiger partial charge in [0, 0.05) is 26.2 Å². The molecule has 19 heavy (non-hydrogen) atoms. The number of likely N-dealkylation sites (tertiary alicyclic amines) is 1. The quantitative estimate of drug-likeness (QED) is 0.777. The number of carbonyl (C=O) groups is 2. The molecular weight excluding hydrogens is 246 g/mol. The molecule has 0 aromatic heterocycles. The Morgan fingerprint density at radius 3 is 2.74 bits per heavy atom. The number of nitrogens with zero attached hydrogens (tertiary/aromatic N) is 2. The second kappa shape index (κ2) is 6.75. The molecule has 0 aromatic rings. The second-order valence-electron chi connectivity index (χ2n) is 5.52. The summed E-state index contributed by atoms with van der Waals surface area (Å²) >= 11 is 0. The van der Waals surface area contributed by atoms with Gasteiger partial charge in [-0.2, -0.15) is 0 Å². The van der Waals surface area contributed by atoms with E-state index in [4.69, 9.17) is 0 Å². The normalized spacial score (nSPS) is 23.5. The van der Waals surface area contributed by atoms with Crippen molar-refractivity contribution in [2.45, 2.75) is 26.7 Å². The van der Waals surface area contributed by atoms with Crippen molar-refractivity contribution in [2.24, 2.45) is 5.41 Å². The topological polar surface area (TPSA) is 72.9 Å². The number of rotatable bonds is 5. The third-order valence-electron chi connectivity index (χ3n) is 3.81. The average molecular weight is 271 g/mol. The smallest absolute Gasteiger partial charge is 0.317 e. The van der Waals surface area contributed by atoms with E-state index in [0.29, 0.717) is 19.5 Å². The lowest BCUT2D eigenvalue weighted by molar-refractivity contribution is -0.150. The zero-order valence-electron chi connectivity index (χ0n) is 12.1. The lowest BCUT2D eigenvalue weighted by Gasteiger charge is -2.37. The Kier molecular flexibility index (Phi) is 5.60. The Balaban J connectivity index is 2.42. The summed E-state index contributed by atoms with van der Waals surface area (Å²) in [6.07, 6.45) is 1.37. The van der Waals surface area contributed by atoms with Gasteiger partial charge in [-0.1, -0.05) is 6.92 Å². The molecule has 6 heteroatoms. The molecule has 0 spiro atoms. The van der Waals surface area contributed by atoms with Gasteiger partial charge in [-0.05, 0) is 33.4 Å². The van der Waals surface area contributed by atoms with Crippen LogP contribution in [0.1, 0.15) is 26.7 Å². The fourth-order valence-corrected chi connectivity index (χ4v) is 2.21. The number of carboxylic acid groups (broad SMARTS) is 1. The summed E-state index contributed by atoms with van der Waals surface area (Å²) in [6, 6.07) is -0.156. The Labute approximate surface area is 114 Å². The Hall–Kier alpha value is -1.30. The van der Waals surface area contributed by atoms with Gasteiger partial charge in [-0.3, -0.25) is 4.79 Å². The van der Waals surface area contributed by atoms with E-state index in [1.54, 1.807) is 11.8 Å². The maximum atomic E-state index is 12.0. The van der Waals surface area contributed by atoms with Crippen LogP contribution < -0.4 is 5.32 Å². The molecule has 2 N–H and O–H groups in total. The van der Waals surface area contributed by atoms with Crippen molar-refractivity contribution in [1.82, 2.24) is 15.1 Å². The largest absolute Gasteiger partial charge is 0.481 e. The van der Waals surface area contributed by atoms with Crippen LogP contribution in [0.3, 0.4) is 0 Å². The van der Waals surface area contributed by atoms with Crippen molar-refractivity contribution < 1.29 is 14.7 Å². The van der Waals surface area contributed by atoms with Crippen LogP contribution in [0.25, 0.3) is 0 Å². The van der Waals surface area contributed by atoms with E-state index in [9.17, 15) is 14.7 Å². The van der Waals surface area contributed by atoms with Gasteiger partial charge < -0.3 is 20.2 Å². The highest BCUT2D eigenvalue weighted by atomic mass is 16.4. The van der Waals surface area contributed by atoms with E-state index in [2.05, 4.69) is 17.1 Å². The van der Waals surface area contributed by atoms with Gasteiger partial charge in [0.05, 0.1) is 5.41 Å². The summed E-state index contributed by atoms with van der Waals surface area (Å²) in [6.45, 7) is 7.02. The van der Waals surface area contributed by atoms with Crippen LogP contribution in [-0.4, -0.2) is 66.7 Å². The van der Waals surface area contributed by atoms with Crippen LogP contribution in [0.15, 0.2) is 0 Å². The summed E-state index contributed by atoms with van der Waals surface area (Å²) in [7, 11) is 1.99. The molecule has 1 rings (SSSR count). The number of urea groups is 1. The number of carboxylic acids is 1. The fourth-order valence-electron chi connectivity index (χ4n) is 2.21. The number of nitrogens with one attached hydrogen (secondary N) is 1. The molecule has 6 nitrogen and oxygen atoms in total. The number of aliphatic carboxylic acids is 1. The first-order chi connectivity index (χ1) is 8.89. The molecule has 0 saturated carbocycles. The highest BCUT2D eigenvalue weighted by Gasteiger charge is 2.39. The molecule has 1 fully saturated rings. The van der Waals surface area contributed by atoms with Gasteiger partial charge in [0.25, 0.3) is 0 Å². The lowest BCUT2D eigenvalue weighted by atomic mass is 9.82. The highest BCUT2D eigenvalue weighted by Crippen LogP contribution is 2.29. The van der Waals surface area contributed by atoms with Crippen molar-refractivity contribution in [2.75, 3.05) is 39.8 Å². The number of hydrogen-bond acceptors (Lipinski definition) is 3. The molecule has 1 saturated heterocycles. The molecule has 1 unspecified atom stereocenters. The zero-order chi connectivity index (χ0) is 14.5. The Bertz CT molecular complexity index is 335. The molecule has 1 atom stereocenters. The van der Waals surface area contributed by atoms with Crippen molar-refractivity contribution in [1.29, 1.82) is 0 Å². The molecule has 0 bridgehead atoms. The molecule has 110 valence electrons. The van der Waals surface area contributed by atoms with Crippen LogP contribution in [0.2, 0.25) is 0 Å².